The molecule has 3 rings (SSSR count). The summed E-state index contributed by atoms with van der Waals surface area (Å²) in [6.45, 7) is 19.5. The van der Waals surface area contributed by atoms with Crippen LogP contribution in [0.5, 0.6) is 0 Å². The molecule has 238 valence electrons. The zero-order chi connectivity index (χ0) is 33.1. The lowest BCUT2D eigenvalue weighted by Crippen LogP contribution is -2.27. The highest BCUT2D eigenvalue weighted by molar-refractivity contribution is 5.54. The van der Waals surface area contributed by atoms with Crippen LogP contribution in [0, 0.1) is 17.2 Å². The molecule has 2 heterocycles. The number of rotatable bonds is 11. The summed E-state index contributed by atoms with van der Waals surface area (Å²) in [4.78, 5) is 18.5. The van der Waals surface area contributed by atoms with Gasteiger partial charge in [-0.2, -0.15) is 5.26 Å². The third-order valence-corrected chi connectivity index (χ3v) is 7.16. The van der Waals surface area contributed by atoms with Crippen LogP contribution in [0.15, 0.2) is 94.9 Å². The Labute approximate surface area is 267 Å². The van der Waals surface area contributed by atoms with Gasteiger partial charge in [-0.15, -0.1) is 0 Å². The standard InChI is InChI=1S/C27H34N2O2.C10H15N.C2H6/c1-5-11-24-23(18-21-12-9-7-8-10-13-21)26(30)29-22(16-17-25(29)28-24)15-14-20(6-2)19-27(3,4)31;1-4-5-6-7-9(2)10(3)8-11;1-2/h6-9,12-15,31H,2,5,10-11,16-19H2,1,3-4H3;5-7,10H,4H2,1-3H3;1-2H3/b20-14+,22-15+;6-5-,9-7-;. The van der Waals surface area contributed by atoms with E-state index < -0.39 is 5.60 Å². The first-order valence-electron chi connectivity index (χ1n) is 16.2. The molecule has 44 heavy (non-hydrogen) atoms. The molecule has 2 aliphatic rings. The van der Waals surface area contributed by atoms with Crippen molar-refractivity contribution in [1.29, 1.82) is 5.26 Å². The van der Waals surface area contributed by atoms with Crippen LogP contribution in [0.2, 0.25) is 0 Å². The normalized spacial score (nSPS) is 16.3. The van der Waals surface area contributed by atoms with Gasteiger partial charge in [-0.3, -0.25) is 9.36 Å². The quantitative estimate of drug-likeness (QED) is 0.258. The summed E-state index contributed by atoms with van der Waals surface area (Å²) in [6.07, 6.45) is 28.6. The van der Waals surface area contributed by atoms with E-state index in [9.17, 15) is 9.90 Å². The molecule has 0 radical (unpaired) electrons. The van der Waals surface area contributed by atoms with Crippen LogP contribution in [0.3, 0.4) is 0 Å². The summed E-state index contributed by atoms with van der Waals surface area (Å²) in [6, 6.07) is 2.19. The number of aryl methyl sites for hydroxylation is 2. The van der Waals surface area contributed by atoms with Gasteiger partial charge in [0.15, 0.2) is 0 Å². The fourth-order valence-electron chi connectivity index (χ4n) is 4.71. The molecule has 0 spiro atoms. The average molecular weight is 598 g/mol. The topological polar surface area (TPSA) is 78.9 Å². The van der Waals surface area contributed by atoms with E-state index in [4.69, 9.17) is 10.2 Å². The van der Waals surface area contributed by atoms with E-state index in [2.05, 4.69) is 50.8 Å². The maximum Gasteiger partial charge on any atom is 0.261 e. The van der Waals surface area contributed by atoms with E-state index in [1.54, 1.807) is 24.5 Å². The van der Waals surface area contributed by atoms with Gasteiger partial charge in [0.1, 0.15) is 5.82 Å². The Bertz CT molecular complexity index is 1400. The van der Waals surface area contributed by atoms with Crippen LogP contribution < -0.4 is 5.56 Å². The van der Waals surface area contributed by atoms with Gasteiger partial charge >= 0.3 is 0 Å². The van der Waals surface area contributed by atoms with E-state index in [0.717, 1.165) is 78.0 Å². The van der Waals surface area contributed by atoms with Crippen molar-refractivity contribution in [2.24, 2.45) is 5.92 Å². The predicted molar refractivity (Wildman–Crippen MR) is 188 cm³/mol. The van der Waals surface area contributed by atoms with E-state index >= 15 is 0 Å². The van der Waals surface area contributed by atoms with Gasteiger partial charge < -0.3 is 5.11 Å². The lowest BCUT2D eigenvalue weighted by Gasteiger charge is -2.17. The predicted octanol–water partition coefficient (Wildman–Crippen LogP) is 9.33. The number of allylic oxidation sites excluding steroid dienone is 14. The number of nitrogens with zero attached hydrogens (tertiary/aromatic N) is 3. The van der Waals surface area contributed by atoms with Gasteiger partial charge in [0.2, 0.25) is 0 Å². The van der Waals surface area contributed by atoms with Gasteiger partial charge in [0.05, 0.1) is 23.3 Å². The van der Waals surface area contributed by atoms with Gasteiger partial charge in [-0.25, -0.2) is 4.98 Å². The van der Waals surface area contributed by atoms with E-state index in [0.29, 0.717) is 12.8 Å². The number of fused-ring (bicyclic) bond motifs is 1. The maximum absolute atomic E-state index is 13.6. The summed E-state index contributed by atoms with van der Waals surface area (Å²) >= 11 is 0. The first kappa shape index (κ1) is 38.3. The van der Waals surface area contributed by atoms with Crippen LogP contribution in [-0.2, 0) is 19.3 Å². The molecule has 1 unspecified atom stereocenters. The number of hydrogen-bond acceptors (Lipinski definition) is 4. The molecule has 0 bridgehead atoms. The summed E-state index contributed by atoms with van der Waals surface area (Å²) in [5, 5.41) is 18.7. The minimum Gasteiger partial charge on any atom is -0.390 e. The lowest BCUT2D eigenvalue weighted by molar-refractivity contribution is 0.0818. The fourth-order valence-corrected chi connectivity index (χ4v) is 4.71. The van der Waals surface area contributed by atoms with Crippen molar-refractivity contribution in [1.82, 2.24) is 9.55 Å². The van der Waals surface area contributed by atoms with Crippen molar-refractivity contribution in [2.45, 2.75) is 112 Å². The van der Waals surface area contributed by atoms with E-state index in [-0.39, 0.29) is 11.5 Å². The van der Waals surface area contributed by atoms with Crippen molar-refractivity contribution >= 4 is 5.70 Å². The molecule has 0 fully saturated rings. The molecule has 1 atom stereocenters. The van der Waals surface area contributed by atoms with Crippen LogP contribution in [0.1, 0.15) is 105 Å². The molecular formula is C39H55N3O2. The fraction of sp³-hybridized carbons (Fsp3) is 0.462. The Balaban J connectivity index is 0.000000630. The van der Waals surface area contributed by atoms with Crippen molar-refractivity contribution in [3.8, 4) is 6.07 Å². The molecule has 0 saturated heterocycles. The molecular weight excluding hydrogens is 542 g/mol. The Morgan fingerprint density at radius 3 is 2.57 bits per heavy atom. The largest absolute Gasteiger partial charge is 0.390 e. The molecule has 1 aromatic heterocycles. The second-order valence-electron chi connectivity index (χ2n) is 11.5. The van der Waals surface area contributed by atoms with Gasteiger partial charge in [-0.1, -0.05) is 107 Å². The van der Waals surface area contributed by atoms with E-state index in [1.165, 1.54) is 0 Å². The summed E-state index contributed by atoms with van der Waals surface area (Å²) < 4.78 is 1.80. The first-order valence-corrected chi connectivity index (χ1v) is 16.2. The highest BCUT2D eigenvalue weighted by Crippen LogP contribution is 2.25. The zero-order valence-electron chi connectivity index (χ0n) is 28.5. The molecule has 1 aliphatic heterocycles. The lowest BCUT2D eigenvalue weighted by atomic mass is 9.98. The average Bonchev–Trinajstić information content (AvgIpc) is 3.23. The second kappa shape index (κ2) is 20.3. The monoisotopic (exact) mass is 597 g/mol. The van der Waals surface area contributed by atoms with Gasteiger partial charge in [0, 0.05) is 30.5 Å². The summed E-state index contributed by atoms with van der Waals surface area (Å²) in [5.74, 6) is 0.892. The SMILES string of the molecule is C=C/C(=C\C=C1/CCc2nc(CCC)c(CC3=CCC=CC=C3)c(=O)n21)CC(C)(C)O.CC.CC/C=C\C=C(\C)C(C)C#N. The maximum atomic E-state index is 13.6. The highest BCUT2D eigenvalue weighted by Gasteiger charge is 2.23. The zero-order valence-corrected chi connectivity index (χ0v) is 28.5. The second-order valence-corrected chi connectivity index (χ2v) is 11.5. The van der Waals surface area contributed by atoms with Gasteiger partial charge in [-0.05, 0) is 70.6 Å². The van der Waals surface area contributed by atoms with Crippen molar-refractivity contribution in [3.05, 3.63) is 118 Å². The van der Waals surface area contributed by atoms with Crippen molar-refractivity contribution < 1.29 is 5.11 Å². The van der Waals surface area contributed by atoms with Gasteiger partial charge in [0.25, 0.3) is 5.56 Å². The Morgan fingerprint density at radius 2 is 1.95 bits per heavy atom. The van der Waals surface area contributed by atoms with Crippen molar-refractivity contribution in [2.75, 3.05) is 0 Å². The number of hydrogen-bond donors (Lipinski definition) is 1. The molecule has 5 heteroatoms. The molecule has 5 nitrogen and oxygen atoms in total. The molecule has 1 aromatic rings. The highest BCUT2D eigenvalue weighted by atomic mass is 16.3. The Morgan fingerprint density at radius 1 is 1.23 bits per heavy atom. The molecule has 0 saturated carbocycles. The Hall–Kier alpha value is -3.75. The van der Waals surface area contributed by atoms with Crippen LogP contribution in [0.4, 0.5) is 0 Å². The smallest absolute Gasteiger partial charge is 0.261 e. The van der Waals surface area contributed by atoms with Crippen LogP contribution >= 0.6 is 0 Å². The molecule has 0 aromatic carbocycles. The molecule has 1 aliphatic carbocycles. The molecule has 1 N–H and O–H groups in total. The summed E-state index contributed by atoms with van der Waals surface area (Å²) in [5.41, 5.74) is 5.18. The number of nitriles is 1. The molecule has 0 amide bonds. The third-order valence-electron chi connectivity index (χ3n) is 7.16. The van der Waals surface area contributed by atoms with Crippen LogP contribution in [-0.4, -0.2) is 20.3 Å². The minimum atomic E-state index is -0.804. The van der Waals surface area contributed by atoms with E-state index in [1.807, 2.05) is 64.2 Å². The summed E-state index contributed by atoms with van der Waals surface area (Å²) in [7, 11) is 0. The van der Waals surface area contributed by atoms with Crippen LogP contribution in [0.25, 0.3) is 5.70 Å². The third kappa shape index (κ3) is 12.9. The number of aliphatic hydroxyl groups is 1. The van der Waals surface area contributed by atoms with Crippen molar-refractivity contribution in [3.63, 3.8) is 0 Å². The minimum absolute atomic E-state index is 0.0384. The Kier molecular flexibility index (Phi) is 17.6. The first-order chi connectivity index (χ1) is 21.0. The number of aromatic nitrogens is 2.